The first kappa shape index (κ1) is 11.6. The van der Waals surface area contributed by atoms with Crippen LogP contribution >= 0.6 is 11.6 Å². The second kappa shape index (κ2) is 4.32. The molecule has 0 unspecified atom stereocenters. The molecule has 4 heteroatoms. The Morgan fingerprint density at radius 3 is 3.00 bits per heavy atom. The van der Waals surface area contributed by atoms with Gasteiger partial charge in [-0.05, 0) is 25.8 Å². The van der Waals surface area contributed by atoms with Crippen molar-refractivity contribution in [2.45, 2.75) is 26.2 Å². The molecule has 0 bridgehead atoms. The molecule has 0 fully saturated rings. The molecule has 0 spiro atoms. The van der Waals surface area contributed by atoms with E-state index in [1.807, 2.05) is 6.92 Å². The summed E-state index contributed by atoms with van der Waals surface area (Å²) < 4.78 is 11.2. The van der Waals surface area contributed by atoms with Gasteiger partial charge < -0.3 is 9.15 Å². The summed E-state index contributed by atoms with van der Waals surface area (Å²) in [5.41, 5.74) is 1.42. The molecule has 0 N–H and O–H groups in total. The van der Waals surface area contributed by atoms with Gasteiger partial charge in [0.15, 0.2) is 5.43 Å². The molecule has 2 aromatic rings. The topological polar surface area (TPSA) is 39.4 Å². The lowest BCUT2D eigenvalue weighted by Gasteiger charge is -2.08. The number of rotatable bonds is 2. The average molecular weight is 265 g/mol. The Morgan fingerprint density at radius 1 is 1.39 bits per heavy atom. The van der Waals surface area contributed by atoms with Crippen molar-refractivity contribution in [2.24, 2.45) is 0 Å². The van der Waals surface area contributed by atoms with Crippen molar-refractivity contribution in [1.82, 2.24) is 0 Å². The molecular weight excluding hydrogens is 252 g/mol. The lowest BCUT2D eigenvalue weighted by molar-refractivity contribution is 0.340. The lowest BCUT2D eigenvalue weighted by atomic mass is 10.1. The number of ether oxygens (including phenoxy) is 1. The van der Waals surface area contributed by atoms with E-state index in [1.54, 1.807) is 12.1 Å². The molecule has 0 saturated heterocycles. The minimum absolute atomic E-state index is 0.0568. The highest BCUT2D eigenvalue weighted by Crippen LogP contribution is 2.31. The minimum atomic E-state index is 0.0568. The summed E-state index contributed by atoms with van der Waals surface area (Å²) in [7, 11) is 0. The smallest absolute Gasteiger partial charge is 0.196 e. The molecule has 0 atom stereocenters. The summed E-state index contributed by atoms with van der Waals surface area (Å²) >= 11 is 6.10. The van der Waals surface area contributed by atoms with E-state index < -0.39 is 0 Å². The van der Waals surface area contributed by atoms with Crippen LogP contribution in [0.15, 0.2) is 21.3 Å². The number of halogens is 1. The third-order valence-corrected chi connectivity index (χ3v) is 3.55. The zero-order valence-corrected chi connectivity index (χ0v) is 10.8. The zero-order chi connectivity index (χ0) is 12.7. The van der Waals surface area contributed by atoms with Gasteiger partial charge in [-0.2, -0.15) is 0 Å². The van der Waals surface area contributed by atoms with Gasteiger partial charge >= 0.3 is 0 Å². The predicted molar refractivity (Wildman–Crippen MR) is 70.7 cm³/mol. The number of hydrogen-bond acceptors (Lipinski definition) is 3. The Morgan fingerprint density at radius 2 is 2.22 bits per heavy atom. The summed E-state index contributed by atoms with van der Waals surface area (Å²) in [5.74, 6) is 1.35. The Balaban J connectivity index is 2.30. The van der Waals surface area contributed by atoms with E-state index in [4.69, 9.17) is 20.8 Å². The molecule has 1 heterocycles. The molecule has 1 aromatic carbocycles. The lowest BCUT2D eigenvalue weighted by Crippen LogP contribution is -2.08. The van der Waals surface area contributed by atoms with Crippen LogP contribution < -0.4 is 10.2 Å². The third-order valence-electron chi connectivity index (χ3n) is 3.25. The van der Waals surface area contributed by atoms with E-state index in [9.17, 15) is 4.79 Å². The number of hydrogen-bond donors (Lipinski definition) is 0. The van der Waals surface area contributed by atoms with Crippen molar-refractivity contribution < 1.29 is 9.15 Å². The highest BCUT2D eigenvalue weighted by atomic mass is 35.5. The first-order chi connectivity index (χ1) is 8.70. The van der Waals surface area contributed by atoms with E-state index >= 15 is 0 Å². The summed E-state index contributed by atoms with van der Waals surface area (Å²) in [6.07, 6.45) is 2.63. The molecule has 1 aromatic heterocycles. The van der Waals surface area contributed by atoms with Crippen LogP contribution in [0.3, 0.4) is 0 Å². The third kappa shape index (κ3) is 1.70. The first-order valence-corrected chi connectivity index (χ1v) is 6.49. The predicted octanol–water partition coefficient (Wildman–Crippen LogP) is 3.33. The monoisotopic (exact) mass is 264 g/mol. The van der Waals surface area contributed by atoms with Gasteiger partial charge in [-0.15, -0.1) is 0 Å². The second-order valence-electron chi connectivity index (χ2n) is 4.40. The maximum Gasteiger partial charge on any atom is 0.196 e. The Labute approximate surface area is 109 Å². The van der Waals surface area contributed by atoms with Crippen LogP contribution in [-0.2, 0) is 12.8 Å². The quantitative estimate of drug-likeness (QED) is 0.835. The van der Waals surface area contributed by atoms with Crippen LogP contribution in [-0.4, -0.2) is 6.61 Å². The molecule has 0 saturated carbocycles. The van der Waals surface area contributed by atoms with Crippen molar-refractivity contribution in [1.29, 1.82) is 0 Å². The van der Waals surface area contributed by atoms with Crippen LogP contribution in [0.5, 0.6) is 5.75 Å². The second-order valence-corrected chi connectivity index (χ2v) is 4.81. The SMILES string of the molecule is CCOc1cc2c(=O)c3c(oc2cc1Cl)CCC3. The van der Waals surface area contributed by atoms with Gasteiger partial charge in [-0.3, -0.25) is 4.79 Å². The van der Waals surface area contributed by atoms with E-state index in [0.717, 1.165) is 30.6 Å². The zero-order valence-electron chi connectivity index (χ0n) is 10.1. The van der Waals surface area contributed by atoms with E-state index in [-0.39, 0.29) is 5.43 Å². The number of fused-ring (bicyclic) bond motifs is 2. The van der Waals surface area contributed by atoms with Crippen LogP contribution in [0.25, 0.3) is 11.0 Å². The Bertz CT molecular complexity index is 673. The molecule has 1 aliphatic rings. The minimum Gasteiger partial charge on any atom is -0.492 e. The molecule has 0 radical (unpaired) electrons. The van der Waals surface area contributed by atoms with E-state index in [2.05, 4.69) is 0 Å². The van der Waals surface area contributed by atoms with Gasteiger partial charge in [0.1, 0.15) is 17.1 Å². The van der Waals surface area contributed by atoms with Crippen LogP contribution in [0.1, 0.15) is 24.7 Å². The van der Waals surface area contributed by atoms with Gasteiger partial charge in [-0.1, -0.05) is 11.6 Å². The van der Waals surface area contributed by atoms with Crippen molar-refractivity contribution >= 4 is 22.6 Å². The van der Waals surface area contributed by atoms with Crippen LogP contribution in [0.2, 0.25) is 5.02 Å². The highest BCUT2D eigenvalue weighted by molar-refractivity contribution is 6.32. The summed E-state index contributed by atoms with van der Waals surface area (Å²) in [4.78, 5) is 12.3. The summed E-state index contributed by atoms with van der Waals surface area (Å²) in [5, 5.41) is 1.04. The summed E-state index contributed by atoms with van der Waals surface area (Å²) in [6.45, 7) is 2.40. The molecule has 3 rings (SSSR count). The molecule has 18 heavy (non-hydrogen) atoms. The maximum absolute atomic E-state index is 12.3. The van der Waals surface area contributed by atoms with Crippen LogP contribution in [0.4, 0.5) is 0 Å². The van der Waals surface area contributed by atoms with Crippen molar-refractivity contribution in [3.05, 3.63) is 38.7 Å². The van der Waals surface area contributed by atoms with Gasteiger partial charge in [-0.25, -0.2) is 0 Å². The molecular formula is C14H13ClO3. The average Bonchev–Trinajstić information content (AvgIpc) is 2.80. The fraction of sp³-hybridized carbons (Fsp3) is 0.357. The first-order valence-electron chi connectivity index (χ1n) is 6.11. The Hall–Kier alpha value is -1.48. The fourth-order valence-electron chi connectivity index (χ4n) is 2.43. The van der Waals surface area contributed by atoms with Gasteiger partial charge in [0.2, 0.25) is 0 Å². The standard InChI is InChI=1S/C14H13ClO3/c1-2-17-13-6-9-12(7-10(13)15)18-11-5-3-4-8(11)14(9)16/h6-7H,2-5H2,1H3. The molecule has 3 nitrogen and oxygen atoms in total. The normalized spacial score (nSPS) is 13.9. The van der Waals surface area contributed by atoms with E-state index in [1.165, 1.54) is 0 Å². The van der Waals surface area contributed by atoms with Gasteiger partial charge in [0.25, 0.3) is 0 Å². The Kier molecular flexibility index (Phi) is 2.78. The van der Waals surface area contributed by atoms with Crippen molar-refractivity contribution in [3.8, 4) is 5.75 Å². The van der Waals surface area contributed by atoms with E-state index in [0.29, 0.717) is 28.3 Å². The summed E-state index contributed by atoms with van der Waals surface area (Å²) in [6, 6.07) is 3.35. The number of benzene rings is 1. The van der Waals surface area contributed by atoms with Crippen molar-refractivity contribution in [2.75, 3.05) is 6.61 Å². The van der Waals surface area contributed by atoms with Gasteiger partial charge in [0, 0.05) is 18.1 Å². The maximum atomic E-state index is 12.3. The van der Waals surface area contributed by atoms with Crippen molar-refractivity contribution in [3.63, 3.8) is 0 Å². The molecule has 0 amide bonds. The molecule has 94 valence electrons. The molecule has 0 aliphatic heterocycles. The molecule has 1 aliphatic carbocycles. The van der Waals surface area contributed by atoms with Crippen LogP contribution in [0, 0.1) is 0 Å². The fourth-order valence-corrected chi connectivity index (χ4v) is 2.64. The highest BCUT2D eigenvalue weighted by Gasteiger charge is 2.20. The number of aryl methyl sites for hydroxylation is 1. The van der Waals surface area contributed by atoms with Gasteiger partial charge in [0.05, 0.1) is 17.0 Å². The largest absolute Gasteiger partial charge is 0.492 e.